The summed E-state index contributed by atoms with van der Waals surface area (Å²) in [6, 6.07) is 0. The van der Waals surface area contributed by atoms with Gasteiger partial charge in [0.15, 0.2) is 0 Å². The van der Waals surface area contributed by atoms with E-state index in [1.165, 1.54) is 5.82 Å². The van der Waals surface area contributed by atoms with Crippen LogP contribution in [0.1, 0.15) is 5.82 Å². The van der Waals surface area contributed by atoms with E-state index in [9.17, 15) is 0 Å². The average Bonchev–Trinajstić information content (AvgIpc) is 2.62. The summed E-state index contributed by atoms with van der Waals surface area (Å²) in [6.07, 6.45) is 7.01. The fourth-order valence-electron chi connectivity index (χ4n) is 0.831. The Hall–Kier alpha value is -0.812. The van der Waals surface area contributed by atoms with E-state index in [4.69, 9.17) is 19.8 Å². The van der Waals surface area contributed by atoms with E-state index in [0.717, 1.165) is 12.2 Å². The molecule has 0 N–H and O–H groups in total. The molecule has 0 aliphatic carbocycles. The minimum atomic E-state index is -2.19. The summed E-state index contributed by atoms with van der Waals surface area (Å²) in [6.45, 7) is 0. The van der Waals surface area contributed by atoms with Crippen molar-refractivity contribution < 1.29 is 40.9 Å². The van der Waals surface area contributed by atoms with Crippen LogP contribution in [0.2, 0.25) is 0 Å². The molecule has 98 valence electrons. The number of aryl methyl sites for hydroxylation is 2. The van der Waals surface area contributed by atoms with E-state index in [-0.39, 0.29) is 21.1 Å². The first-order valence-electron chi connectivity index (χ1n) is 4.36. The Morgan fingerprint density at radius 1 is 1.41 bits per heavy atom. The third-order valence-electron chi connectivity index (χ3n) is 1.62. The maximum absolute atomic E-state index is 8.93. The summed E-state index contributed by atoms with van der Waals surface area (Å²) in [4.78, 5) is 22.1. The Morgan fingerprint density at radius 2 is 1.94 bits per heavy atom. The molecule has 0 spiro atoms. The second-order valence-corrected chi connectivity index (χ2v) is 3.76. The number of carboxylic acid groups (broad SMARTS) is 2. The molecule has 1 rings (SSSR count). The molecular weight excluding hydrogens is 427 g/mol. The number of rotatable bonds is 3. The third-order valence-corrected chi connectivity index (χ3v) is 2.23. The molecule has 8 heteroatoms. The maximum Gasteiger partial charge on any atom is 2.00 e. The van der Waals surface area contributed by atoms with Crippen molar-refractivity contribution in [2.24, 2.45) is 7.05 Å². The number of thioether (sulfide) groups is 1. The minimum Gasteiger partial charge on any atom is -0.543 e. The van der Waals surface area contributed by atoms with Crippen LogP contribution in [0.5, 0.6) is 0 Å². The number of hydrogen-bond acceptors (Lipinski definition) is 6. The van der Waals surface area contributed by atoms with Gasteiger partial charge in [-0.05, 0) is 6.26 Å². The van der Waals surface area contributed by atoms with Crippen molar-refractivity contribution in [3.05, 3.63) is 18.2 Å². The van der Waals surface area contributed by atoms with Gasteiger partial charge >= 0.3 is 21.1 Å². The molecule has 0 atom stereocenters. The van der Waals surface area contributed by atoms with E-state index in [1.807, 2.05) is 31.2 Å². The summed E-state index contributed by atoms with van der Waals surface area (Å²) in [5, 5.41) is 17.9. The summed E-state index contributed by atoms with van der Waals surface area (Å²) in [5.74, 6) is -2.04. The van der Waals surface area contributed by atoms with Crippen LogP contribution >= 0.6 is 11.8 Å². The smallest absolute Gasteiger partial charge is 0.543 e. The molecule has 0 aliphatic rings. The third kappa shape index (κ3) is 8.94. The fraction of sp³-hybridized carbons (Fsp3) is 0.444. The predicted octanol–water partition coefficient (Wildman–Crippen LogP) is -2.19. The first-order chi connectivity index (χ1) is 7.49. The molecule has 17 heavy (non-hydrogen) atoms. The van der Waals surface area contributed by atoms with Crippen molar-refractivity contribution in [2.75, 3.05) is 12.0 Å². The van der Waals surface area contributed by atoms with Crippen molar-refractivity contribution in [1.29, 1.82) is 0 Å². The molecule has 0 aromatic carbocycles. The van der Waals surface area contributed by atoms with Gasteiger partial charge in [-0.1, -0.05) is 0 Å². The van der Waals surface area contributed by atoms with Gasteiger partial charge < -0.3 is 24.4 Å². The monoisotopic (exact) mass is 439 g/mol. The molecule has 0 unspecified atom stereocenters. The zero-order valence-corrected chi connectivity index (χ0v) is 12.4. The van der Waals surface area contributed by atoms with Gasteiger partial charge in [0.25, 0.3) is 0 Å². The molecule has 1 aromatic heterocycles. The first-order valence-corrected chi connectivity index (χ1v) is 5.75. The van der Waals surface area contributed by atoms with Crippen LogP contribution in [0, 0.1) is 0 Å². The molecule has 0 saturated carbocycles. The Morgan fingerprint density at radius 3 is 2.24 bits per heavy atom. The van der Waals surface area contributed by atoms with Crippen molar-refractivity contribution >= 4 is 23.7 Å². The molecule has 1 aromatic rings. The quantitative estimate of drug-likeness (QED) is 0.497. The van der Waals surface area contributed by atoms with Crippen LogP contribution in [-0.4, -0.2) is 33.5 Å². The van der Waals surface area contributed by atoms with E-state index < -0.39 is 11.9 Å². The van der Waals surface area contributed by atoms with Gasteiger partial charge in [0.05, 0.1) is 11.9 Å². The van der Waals surface area contributed by atoms with Crippen LogP contribution in [0.3, 0.4) is 0 Å². The zero-order chi connectivity index (χ0) is 12.6. The van der Waals surface area contributed by atoms with Gasteiger partial charge in [0.2, 0.25) is 0 Å². The average molecular weight is 439 g/mol. The zero-order valence-electron chi connectivity index (χ0n) is 9.32. The Bertz CT molecular complexity index is 345. The van der Waals surface area contributed by atoms with E-state index in [1.54, 1.807) is 0 Å². The molecule has 0 aliphatic heterocycles. The van der Waals surface area contributed by atoms with Crippen molar-refractivity contribution in [2.45, 2.75) is 6.42 Å². The minimum absolute atomic E-state index is 0. The van der Waals surface area contributed by atoms with E-state index in [2.05, 4.69) is 15.8 Å². The second kappa shape index (κ2) is 10.3. The van der Waals surface area contributed by atoms with Gasteiger partial charge in [0.1, 0.15) is 5.82 Å². The van der Waals surface area contributed by atoms with Crippen molar-refractivity contribution in [1.82, 2.24) is 9.55 Å². The molecule has 0 radical (unpaired) electrons. The van der Waals surface area contributed by atoms with Crippen LogP contribution in [0.4, 0.5) is 0 Å². The largest absolute Gasteiger partial charge is 2.00 e. The summed E-state index contributed by atoms with van der Waals surface area (Å²) >= 11 is 1.86. The van der Waals surface area contributed by atoms with Crippen LogP contribution in [0.25, 0.3) is 0 Å². The number of hydrogen-bond donors (Lipinski definition) is 0. The van der Waals surface area contributed by atoms with Gasteiger partial charge in [-0.3, -0.25) is 0 Å². The van der Waals surface area contributed by atoms with E-state index in [0.29, 0.717) is 0 Å². The first kappa shape index (κ1) is 18.6. The van der Waals surface area contributed by atoms with Crippen LogP contribution in [0.15, 0.2) is 12.4 Å². The molecule has 1 heterocycles. The molecular formula is C9H12N2O4PtS. The summed E-state index contributed by atoms with van der Waals surface area (Å²) in [5.41, 5.74) is 0. The van der Waals surface area contributed by atoms with Gasteiger partial charge in [0, 0.05) is 31.6 Å². The number of carbonyl (C=O) groups is 2. The van der Waals surface area contributed by atoms with Gasteiger partial charge in [-0.15, -0.1) is 0 Å². The van der Waals surface area contributed by atoms with Crippen molar-refractivity contribution in [3.8, 4) is 0 Å². The van der Waals surface area contributed by atoms with E-state index >= 15 is 0 Å². The van der Waals surface area contributed by atoms with Gasteiger partial charge in [-0.25, -0.2) is 4.98 Å². The summed E-state index contributed by atoms with van der Waals surface area (Å²) in [7, 11) is 2.03. The summed E-state index contributed by atoms with van der Waals surface area (Å²) < 4.78 is 2.07. The normalized spacial score (nSPS) is 8.59. The predicted molar refractivity (Wildman–Crippen MR) is 55.3 cm³/mol. The standard InChI is InChI=1S/C7H12N2S.C2H2O4.Pt/c1-9-5-4-8-7(9)3-6-10-2;3-1(4)2(5)6;/h4-5H,3,6H2,1-2H3;(H,3,4)(H,5,6);/q;;+2/p-2. The number of nitrogens with zero attached hydrogens (tertiary/aromatic N) is 2. The Balaban J connectivity index is 0. The maximum atomic E-state index is 8.93. The number of carbonyl (C=O) groups excluding carboxylic acids is 2. The van der Waals surface area contributed by atoms with Gasteiger partial charge in [-0.2, -0.15) is 11.8 Å². The van der Waals surface area contributed by atoms with Crippen LogP contribution < -0.4 is 10.2 Å². The molecule has 6 nitrogen and oxygen atoms in total. The second-order valence-electron chi connectivity index (χ2n) is 2.77. The topological polar surface area (TPSA) is 98.1 Å². The number of aliphatic carboxylic acids is 2. The number of imidazole rings is 1. The molecule has 0 fully saturated rings. The Kier molecular flexibility index (Phi) is 11.3. The van der Waals surface area contributed by atoms with Crippen molar-refractivity contribution in [3.63, 3.8) is 0 Å². The number of carboxylic acids is 2. The Labute approximate surface area is 118 Å². The molecule has 0 amide bonds. The fourth-order valence-corrected chi connectivity index (χ4v) is 1.22. The van der Waals surface area contributed by atoms with Crippen LogP contribution in [-0.2, 0) is 44.1 Å². The number of aromatic nitrogens is 2. The molecule has 0 saturated heterocycles. The molecule has 0 bridgehead atoms. The SMILES string of the molecule is CSCCc1nccn1C.O=C([O-])C(=O)[O-].[Pt+2].